The predicted octanol–water partition coefficient (Wildman–Crippen LogP) is 2.62. The summed E-state index contributed by atoms with van der Waals surface area (Å²) in [5.74, 6) is -0.299. The molecular formula is C7H5ClF3N3. The van der Waals surface area contributed by atoms with E-state index in [2.05, 4.69) is 15.0 Å². The number of aryl methyl sites for hydroxylation is 1. The van der Waals surface area contributed by atoms with Gasteiger partial charge in [0.15, 0.2) is 0 Å². The van der Waals surface area contributed by atoms with E-state index in [-0.39, 0.29) is 5.95 Å². The first-order valence-electron chi connectivity index (χ1n) is 3.50. The van der Waals surface area contributed by atoms with Gasteiger partial charge in [0.05, 0.1) is 0 Å². The van der Waals surface area contributed by atoms with Gasteiger partial charge < -0.3 is 0 Å². The summed E-state index contributed by atoms with van der Waals surface area (Å²) < 4.78 is 35.8. The third-order valence-electron chi connectivity index (χ3n) is 1.21. The van der Waals surface area contributed by atoms with E-state index in [1.54, 1.807) is 13.0 Å². The van der Waals surface area contributed by atoms with Crippen molar-refractivity contribution in [2.24, 2.45) is 4.99 Å². The topological polar surface area (TPSA) is 38.1 Å². The van der Waals surface area contributed by atoms with E-state index < -0.39 is 11.3 Å². The Morgan fingerprint density at radius 1 is 1.50 bits per heavy atom. The standard InChI is InChI=1S/C7H5ClF3N3/c1-4-2-3-12-6(13-4)14-5(8)7(9,10)11/h2-3H,1H3. The van der Waals surface area contributed by atoms with Crippen LogP contribution in [0.15, 0.2) is 17.3 Å². The first-order chi connectivity index (χ1) is 6.39. The molecule has 0 saturated carbocycles. The smallest absolute Gasteiger partial charge is 0.220 e. The van der Waals surface area contributed by atoms with E-state index in [0.717, 1.165) is 0 Å². The summed E-state index contributed by atoms with van der Waals surface area (Å²) in [5.41, 5.74) is 0.519. The second kappa shape index (κ2) is 3.91. The molecule has 0 amide bonds. The number of hydrogen-bond acceptors (Lipinski definition) is 3. The van der Waals surface area contributed by atoms with Gasteiger partial charge in [-0.2, -0.15) is 18.2 Å². The number of aromatic nitrogens is 2. The van der Waals surface area contributed by atoms with Crippen LogP contribution < -0.4 is 0 Å². The van der Waals surface area contributed by atoms with Crippen molar-refractivity contribution in [1.29, 1.82) is 0 Å². The van der Waals surface area contributed by atoms with Crippen LogP contribution in [-0.2, 0) is 0 Å². The number of aliphatic imine (C=N–C) groups is 1. The zero-order valence-electron chi connectivity index (χ0n) is 7.01. The SMILES string of the molecule is Cc1ccnc(N=C(Cl)C(F)(F)F)n1. The number of rotatable bonds is 1. The molecule has 0 aliphatic heterocycles. The van der Waals surface area contributed by atoms with Crippen molar-refractivity contribution < 1.29 is 13.2 Å². The molecule has 1 aromatic rings. The van der Waals surface area contributed by atoms with E-state index in [1.807, 2.05) is 0 Å². The van der Waals surface area contributed by atoms with Crippen LogP contribution >= 0.6 is 11.6 Å². The molecule has 0 aliphatic carbocycles. The van der Waals surface area contributed by atoms with E-state index in [4.69, 9.17) is 11.6 Å². The molecule has 0 aromatic carbocycles. The van der Waals surface area contributed by atoms with Crippen LogP contribution in [0.3, 0.4) is 0 Å². The average Bonchev–Trinajstić information content (AvgIpc) is 2.02. The Balaban J connectivity index is 2.98. The molecule has 14 heavy (non-hydrogen) atoms. The molecule has 0 fully saturated rings. The summed E-state index contributed by atoms with van der Waals surface area (Å²) in [6, 6.07) is 1.54. The first kappa shape index (κ1) is 10.9. The Labute approximate surface area is 82.7 Å². The van der Waals surface area contributed by atoms with Crippen LogP contribution in [0.5, 0.6) is 0 Å². The maximum Gasteiger partial charge on any atom is 0.444 e. The molecule has 0 saturated heterocycles. The van der Waals surface area contributed by atoms with Gasteiger partial charge in [-0.15, -0.1) is 0 Å². The quantitative estimate of drug-likeness (QED) is 0.687. The average molecular weight is 224 g/mol. The number of halogens is 4. The van der Waals surface area contributed by atoms with Crippen molar-refractivity contribution in [3.05, 3.63) is 18.0 Å². The summed E-state index contributed by atoms with van der Waals surface area (Å²) in [6.07, 6.45) is -3.35. The normalized spacial score (nSPS) is 13.1. The third-order valence-corrected chi connectivity index (χ3v) is 1.51. The summed E-state index contributed by atoms with van der Waals surface area (Å²) >= 11 is 4.89. The Morgan fingerprint density at radius 2 is 2.14 bits per heavy atom. The molecule has 0 unspecified atom stereocenters. The highest BCUT2D eigenvalue weighted by Gasteiger charge is 2.34. The van der Waals surface area contributed by atoms with Crippen molar-refractivity contribution in [3.63, 3.8) is 0 Å². The molecule has 0 spiro atoms. The lowest BCUT2D eigenvalue weighted by atomic mass is 10.5. The van der Waals surface area contributed by atoms with Crippen LogP contribution in [0.1, 0.15) is 5.69 Å². The van der Waals surface area contributed by atoms with Gasteiger partial charge in [0.1, 0.15) is 0 Å². The van der Waals surface area contributed by atoms with E-state index in [1.165, 1.54) is 6.20 Å². The lowest BCUT2D eigenvalue weighted by molar-refractivity contribution is -0.0558. The fraction of sp³-hybridized carbons (Fsp3) is 0.286. The Kier molecular flexibility index (Phi) is 3.05. The maximum atomic E-state index is 11.9. The molecule has 0 N–H and O–H groups in total. The van der Waals surface area contributed by atoms with Crippen LogP contribution in [-0.4, -0.2) is 21.3 Å². The molecule has 1 rings (SSSR count). The highest BCUT2D eigenvalue weighted by molar-refractivity contribution is 6.67. The summed E-state index contributed by atoms with van der Waals surface area (Å²) in [7, 11) is 0. The van der Waals surface area contributed by atoms with Crippen molar-refractivity contribution >= 4 is 22.7 Å². The van der Waals surface area contributed by atoms with Gasteiger partial charge >= 0.3 is 6.18 Å². The minimum absolute atomic E-state index is 0.299. The monoisotopic (exact) mass is 223 g/mol. The summed E-state index contributed by atoms with van der Waals surface area (Å²) in [4.78, 5) is 10.2. The van der Waals surface area contributed by atoms with Gasteiger partial charge in [0, 0.05) is 11.9 Å². The van der Waals surface area contributed by atoms with Crippen LogP contribution in [0.2, 0.25) is 0 Å². The van der Waals surface area contributed by atoms with E-state index in [9.17, 15) is 13.2 Å². The molecular weight excluding hydrogens is 219 g/mol. The maximum absolute atomic E-state index is 11.9. The third kappa shape index (κ3) is 2.95. The van der Waals surface area contributed by atoms with Crippen LogP contribution in [0, 0.1) is 6.92 Å². The molecule has 76 valence electrons. The molecule has 1 heterocycles. The van der Waals surface area contributed by atoms with Crippen LogP contribution in [0.25, 0.3) is 0 Å². The Morgan fingerprint density at radius 3 is 2.64 bits per heavy atom. The van der Waals surface area contributed by atoms with Crippen LogP contribution in [0.4, 0.5) is 19.1 Å². The number of hydrogen-bond donors (Lipinski definition) is 0. The zero-order chi connectivity index (χ0) is 10.8. The fourth-order valence-corrected chi connectivity index (χ4v) is 0.716. The van der Waals surface area contributed by atoms with Gasteiger partial charge in [0.25, 0.3) is 5.95 Å². The molecule has 0 aliphatic rings. The largest absolute Gasteiger partial charge is 0.444 e. The minimum atomic E-state index is -4.66. The molecule has 1 aromatic heterocycles. The molecule has 7 heteroatoms. The van der Waals surface area contributed by atoms with Gasteiger partial charge in [-0.3, -0.25) is 0 Å². The Hall–Kier alpha value is -1.17. The van der Waals surface area contributed by atoms with Crippen molar-refractivity contribution in [3.8, 4) is 0 Å². The van der Waals surface area contributed by atoms with Crippen molar-refractivity contribution in [2.75, 3.05) is 0 Å². The second-order valence-corrected chi connectivity index (χ2v) is 2.76. The Bertz CT molecular complexity index is 361. The zero-order valence-corrected chi connectivity index (χ0v) is 7.76. The second-order valence-electron chi connectivity index (χ2n) is 2.40. The minimum Gasteiger partial charge on any atom is -0.220 e. The highest BCUT2D eigenvalue weighted by atomic mass is 35.5. The van der Waals surface area contributed by atoms with Gasteiger partial charge in [-0.05, 0) is 13.0 Å². The molecule has 3 nitrogen and oxygen atoms in total. The molecule has 0 atom stereocenters. The highest BCUT2D eigenvalue weighted by Crippen LogP contribution is 2.21. The number of nitrogens with zero attached hydrogens (tertiary/aromatic N) is 3. The van der Waals surface area contributed by atoms with E-state index in [0.29, 0.717) is 5.69 Å². The number of alkyl halides is 3. The summed E-state index contributed by atoms with van der Waals surface area (Å²) in [5, 5.41) is -1.48. The fourth-order valence-electron chi connectivity index (χ4n) is 0.641. The molecule has 0 radical (unpaired) electrons. The van der Waals surface area contributed by atoms with Crippen molar-refractivity contribution in [2.45, 2.75) is 13.1 Å². The molecule has 0 bridgehead atoms. The predicted molar refractivity (Wildman–Crippen MR) is 45.8 cm³/mol. The van der Waals surface area contributed by atoms with Crippen molar-refractivity contribution in [1.82, 2.24) is 9.97 Å². The lowest BCUT2D eigenvalue weighted by Gasteiger charge is -2.01. The van der Waals surface area contributed by atoms with E-state index >= 15 is 0 Å². The van der Waals surface area contributed by atoms with Gasteiger partial charge in [-0.1, -0.05) is 11.6 Å². The summed E-state index contributed by atoms with van der Waals surface area (Å²) in [6.45, 7) is 1.61. The lowest BCUT2D eigenvalue weighted by Crippen LogP contribution is -2.16. The van der Waals surface area contributed by atoms with Gasteiger partial charge in [-0.25, -0.2) is 9.97 Å². The van der Waals surface area contributed by atoms with Gasteiger partial charge in [0.2, 0.25) is 5.17 Å². The first-order valence-corrected chi connectivity index (χ1v) is 3.88.